The maximum atomic E-state index is 9.82. The van der Waals surface area contributed by atoms with Gasteiger partial charge in [0, 0.05) is 32.2 Å². The van der Waals surface area contributed by atoms with Crippen LogP contribution in [0.15, 0.2) is 84.9 Å². The fraction of sp³-hybridized carbons (Fsp3) is 0.357. The molecule has 4 heteroatoms. The van der Waals surface area contributed by atoms with Crippen molar-refractivity contribution >= 4 is 0 Å². The Balaban J connectivity index is 1.31. The van der Waals surface area contributed by atoms with E-state index in [4.69, 9.17) is 4.74 Å². The largest absolute Gasteiger partial charge is 0.489 e. The summed E-state index contributed by atoms with van der Waals surface area (Å²) in [6, 6.07) is 29.7. The lowest BCUT2D eigenvalue weighted by atomic mass is 10.0. The molecule has 0 bridgehead atoms. The molecular weight excluding hydrogens is 396 g/mol. The van der Waals surface area contributed by atoms with Gasteiger partial charge < -0.3 is 20.1 Å². The molecule has 168 valence electrons. The molecule has 1 unspecified atom stereocenters. The van der Waals surface area contributed by atoms with Crippen LogP contribution in [0.2, 0.25) is 0 Å². The van der Waals surface area contributed by atoms with Crippen LogP contribution in [0.4, 0.5) is 0 Å². The van der Waals surface area contributed by atoms with Crippen LogP contribution < -0.4 is 10.1 Å². The first-order valence-corrected chi connectivity index (χ1v) is 11.7. The van der Waals surface area contributed by atoms with Crippen LogP contribution in [0.3, 0.4) is 0 Å². The number of nitrogens with one attached hydrogen (secondary N) is 1. The second-order valence-corrected chi connectivity index (χ2v) is 8.72. The van der Waals surface area contributed by atoms with Crippen LogP contribution in [0, 0.1) is 0 Å². The van der Waals surface area contributed by atoms with E-state index in [-0.39, 0.29) is 6.10 Å². The van der Waals surface area contributed by atoms with E-state index in [1.807, 2.05) is 18.2 Å². The molecule has 0 saturated carbocycles. The third-order valence-electron chi connectivity index (χ3n) is 6.13. The average molecular weight is 431 g/mol. The summed E-state index contributed by atoms with van der Waals surface area (Å²) in [7, 11) is 0. The van der Waals surface area contributed by atoms with E-state index in [1.54, 1.807) is 0 Å². The molecule has 1 heterocycles. The summed E-state index contributed by atoms with van der Waals surface area (Å²) in [5.74, 6) is 0.894. The fourth-order valence-electron chi connectivity index (χ4n) is 4.22. The van der Waals surface area contributed by atoms with Gasteiger partial charge in [0.2, 0.25) is 0 Å². The van der Waals surface area contributed by atoms with Crippen LogP contribution in [0.5, 0.6) is 5.75 Å². The lowest BCUT2D eigenvalue weighted by molar-refractivity contribution is 0.0776. The van der Waals surface area contributed by atoms with E-state index in [1.165, 1.54) is 16.7 Å². The Morgan fingerprint density at radius 3 is 2.09 bits per heavy atom. The average Bonchev–Trinajstić information content (AvgIpc) is 2.84. The second-order valence-electron chi connectivity index (χ2n) is 8.72. The lowest BCUT2D eigenvalue weighted by Gasteiger charge is -2.33. The third-order valence-corrected chi connectivity index (χ3v) is 6.13. The molecule has 2 N–H and O–H groups in total. The smallest absolute Gasteiger partial charge is 0.119 e. The van der Waals surface area contributed by atoms with Gasteiger partial charge in [-0.1, -0.05) is 72.8 Å². The summed E-state index contributed by atoms with van der Waals surface area (Å²) >= 11 is 0. The Kier molecular flexibility index (Phi) is 8.32. The van der Waals surface area contributed by atoms with Gasteiger partial charge in [0.25, 0.3) is 0 Å². The highest BCUT2D eigenvalue weighted by atomic mass is 16.5. The summed E-state index contributed by atoms with van der Waals surface area (Å²) in [6.45, 7) is 4.36. The van der Waals surface area contributed by atoms with Gasteiger partial charge in [-0.05, 0) is 48.1 Å². The highest BCUT2D eigenvalue weighted by molar-refractivity contribution is 5.28. The Morgan fingerprint density at radius 2 is 1.44 bits per heavy atom. The Bertz CT molecular complexity index is 907. The molecule has 1 fully saturated rings. The zero-order valence-electron chi connectivity index (χ0n) is 18.7. The Morgan fingerprint density at radius 1 is 0.812 bits per heavy atom. The number of piperidine rings is 1. The van der Waals surface area contributed by atoms with Gasteiger partial charge in [0.05, 0.1) is 6.10 Å². The number of hydrogen-bond acceptors (Lipinski definition) is 4. The minimum Gasteiger partial charge on any atom is -0.489 e. The van der Waals surface area contributed by atoms with Crippen molar-refractivity contribution in [1.29, 1.82) is 0 Å². The summed E-state index contributed by atoms with van der Waals surface area (Å²) in [6.07, 6.45) is 2.62. The molecule has 4 nitrogen and oxygen atoms in total. The van der Waals surface area contributed by atoms with Crippen LogP contribution in [-0.4, -0.2) is 41.8 Å². The van der Waals surface area contributed by atoms with Crippen molar-refractivity contribution in [3.63, 3.8) is 0 Å². The molecule has 3 aromatic carbocycles. The molecule has 1 aliphatic heterocycles. The normalized spacial score (nSPS) is 16.0. The van der Waals surface area contributed by atoms with Gasteiger partial charge in [0.15, 0.2) is 0 Å². The first kappa shape index (κ1) is 22.5. The van der Waals surface area contributed by atoms with E-state index < -0.39 is 0 Å². The first-order chi connectivity index (χ1) is 15.7. The summed E-state index contributed by atoms with van der Waals surface area (Å²) in [5.41, 5.74) is 3.78. The Hall–Kier alpha value is -2.66. The van der Waals surface area contributed by atoms with E-state index >= 15 is 0 Å². The van der Waals surface area contributed by atoms with E-state index in [9.17, 15) is 5.11 Å². The minimum atomic E-state index is -0.130. The van der Waals surface area contributed by atoms with Gasteiger partial charge in [-0.25, -0.2) is 0 Å². The predicted octanol–water partition coefficient (Wildman–Crippen LogP) is 4.42. The summed E-state index contributed by atoms with van der Waals surface area (Å²) in [5, 5.41) is 13.6. The maximum Gasteiger partial charge on any atom is 0.119 e. The van der Waals surface area contributed by atoms with Crippen molar-refractivity contribution < 1.29 is 9.84 Å². The number of aliphatic hydroxyl groups is 1. The van der Waals surface area contributed by atoms with Crippen molar-refractivity contribution in [3.8, 4) is 5.75 Å². The zero-order chi connectivity index (χ0) is 22.0. The van der Waals surface area contributed by atoms with Crippen molar-refractivity contribution in [2.75, 3.05) is 19.6 Å². The highest BCUT2D eigenvalue weighted by Gasteiger charge is 2.20. The number of nitrogens with zero attached hydrogens (tertiary/aromatic N) is 1. The standard InChI is InChI=1S/C28H34N2O2/c31-27-15-17-30(18-16-27)21-26(19-23-7-3-1-4-8-23)29-20-24-11-13-28(14-12-24)32-22-25-9-5-2-6-10-25/h1-14,26-27,29,31H,15-22H2. The zero-order valence-corrected chi connectivity index (χ0v) is 18.7. The molecule has 0 spiro atoms. The van der Waals surface area contributed by atoms with Crippen LogP contribution in [0.1, 0.15) is 29.5 Å². The van der Waals surface area contributed by atoms with Gasteiger partial charge in [-0.3, -0.25) is 0 Å². The second kappa shape index (κ2) is 11.8. The predicted molar refractivity (Wildman–Crippen MR) is 130 cm³/mol. The van der Waals surface area contributed by atoms with Gasteiger partial charge in [-0.15, -0.1) is 0 Å². The van der Waals surface area contributed by atoms with Crippen molar-refractivity contribution in [2.45, 2.75) is 44.6 Å². The molecule has 4 rings (SSSR count). The number of likely N-dealkylation sites (tertiary alicyclic amines) is 1. The Labute approximate surface area is 191 Å². The molecule has 0 amide bonds. The summed E-state index contributed by atoms with van der Waals surface area (Å²) in [4.78, 5) is 2.48. The third kappa shape index (κ3) is 7.20. The number of rotatable bonds is 10. The molecule has 0 aliphatic carbocycles. The lowest BCUT2D eigenvalue weighted by Crippen LogP contribution is -2.45. The van der Waals surface area contributed by atoms with Crippen LogP contribution in [-0.2, 0) is 19.6 Å². The topological polar surface area (TPSA) is 44.7 Å². The van der Waals surface area contributed by atoms with Crippen molar-refractivity contribution in [2.24, 2.45) is 0 Å². The van der Waals surface area contributed by atoms with Crippen LogP contribution >= 0.6 is 0 Å². The summed E-state index contributed by atoms with van der Waals surface area (Å²) < 4.78 is 5.91. The highest BCUT2D eigenvalue weighted by Crippen LogP contribution is 2.16. The molecule has 0 radical (unpaired) electrons. The SMILES string of the molecule is OC1CCN(CC(Cc2ccccc2)NCc2ccc(OCc3ccccc3)cc2)CC1. The molecule has 32 heavy (non-hydrogen) atoms. The molecule has 1 atom stereocenters. The minimum absolute atomic E-state index is 0.130. The number of benzene rings is 3. The quantitative estimate of drug-likeness (QED) is 0.500. The number of ether oxygens (including phenoxy) is 1. The van der Waals surface area contributed by atoms with Gasteiger partial charge in [-0.2, -0.15) is 0 Å². The van der Waals surface area contributed by atoms with E-state index in [2.05, 4.69) is 76.9 Å². The first-order valence-electron chi connectivity index (χ1n) is 11.7. The molecule has 1 aliphatic rings. The van der Waals surface area contributed by atoms with Crippen LogP contribution in [0.25, 0.3) is 0 Å². The maximum absolute atomic E-state index is 9.82. The molecule has 3 aromatic rings. The van der Waals surface area contributed by atoms with Gasteiger partial charge in [0.1, 0.15) is 12.4 Å². The monoisotopic (exact) mass is 430 g/mol. The molecule has 1 saturated heterocycles. The van der Waals surface area contributed by atoms with Gasteiger partial charge >= 0.3 is 0 Å². The molecule has 0 aromatic heterocycles. The molecular formula is C28H34N2O2. The number of aliphatic hydroxyl groups excluding tert-OH is 1. The van der Waals surface area contributed by atoms with Crippen molar-refractivity contribution in [3.05, 3.63) is 102 Å². The number of hydrogen-bond donors (Lipinski definition) is 2. The van der Waals surface area contributed by atoms with E-state index in [0.29, 0.717) is 12.6 Å². The van der Waals surface area contributed by atoms with Crippen molar-refractivity contribution in [1.82, 2.24) is 10.2 Å². The van der Waals surface area contributed by atoms with E-state index in [0.717, 1.165) is 51.2 Å². The fourth-order valence-corrected chi connectivity index (χ4v) is 4.22.